The fraction of sp³-hybridized carbons (Fsp3) is 0.167. The summed E-state index contributed by atoms with van der Waals surface area (Å²) in [6, 6.07) is 7.43. The summed E-state index contributed by atoms with van der Waals surface area (Å²) in [4.78, 5) is 16.1. The molecule has 1 aromatic carbocycles. The highest BCUT2D eigenvalue weighted by atomic mass is 16.1. The average Bonchev–Trinajstić information content (AvgIpc) is 2.23. The van der Waals surface area contributed by atoms with Crippen molar-refractivity contribution in [1.82, 2.24) is 0 Å². The van der Waals surface area contributed by atoms with Crippen molar-refractivity contribution in [3.05, 3.63) is 42.5 Å². The van der Waals surface area contributed by atoms with E-state index in [9.17, 15) is 4.79 Å². The molecule has 14 heavy (non-hydrogen) atoms. The molecule has 0 bridgehead atoms. The minimum Gasteiger partial charge on any atom is -0.293 e. The number of rotatable bonds is 2. The first-order chi connectivity index (χ1) is 6.83. The number of hydrogen-bond acceptors (Lipinski definition) is 2. The van der Waals surface area contributed by atoms with Crippen LogP contribution in [0.1, 0.15) is 16.8 Å². The van der Waals surface area contributed by atoms with Gasteiger partial charge in [0, 0.05) is 11.8 Å². The molecule has 0 spiro atoms. The van der Waals surface area contributed by atoms with E-state index < -0.39 is 0 Å². The molecule has 1 atom stereocenters. The molecule has 1 heterocycles. The van der Waals surface area contributed by atoms with Gasteiger partial charge in [-0.25, -0.2) is 0 Å². The predicted octanol–water partition coefficient (Wildman–Crippen LogP) is 2.78. The number of hydrogen-bond donors (Lipinski definition) is 0. The summed E-state index contributed by atoms with van der Waals surface area (Å²) < 4.78 is 0. The lowest BCUT2D eigenvalue weighted by molar-refractivity contribution is 0.0956. The number of aliphatic imine (C=N–C) groups is 1. The fourth-order valence-electron chi connectivity index (χ4n) is 1.58. The normalized spacial score (nSPS) is 19.1. The zero-order valence-electron chi connectivity index (χ0n) is 7.81. The van der Waals surface area contributed by atoms with Crippen molar-refractivity contribution >= 4 is 17.7 Å². The van der Waals surface area contributed by atoms with E-state index in [1.807, 2.05) is 24.3 Å². The first-order valence-corrected chi connectivity index (χ1v) is 4.61. The number of allylic oxidation sites excluding steroid dienone is 1. The van der Waals surface area contributed by atoms with E-state index in [-0.39, 0.29) is 11.7 Å². The van der Waals surface area contributed by atoms with Crippen LogP contribution in [0.15, 0.2) is 41.9 Å². The fourth-order valence-corrected chi connectivity index (χ4v) is 1.58. The molecule has 0 aliphatic carbocycles. The van der Waals surface area contributed by atoms with Crippen molar-refractivity contribution in [2.75, 3.05) is 0 Å². The third-order valence-corrected chi connectivity index (χ3v) is 2.32. The molecule has 1 aliphatic heterocycles. The van der Waals surface area contributed by atoms with Crippen molar-refractivity contribution < 1.29 is 4.79 Å². The summed E-state index contributed by atoms with van der Waals surface area (Å²) in [5.41, 5.74) is 1.50. The second kappa shape index (κ2) is 3.58. The molecule has 0 fully saturated rings. The first-order valence-electron chi connectivity index (χ1n) is 4.61. The molecule has 0 radical (unpaired) electrons. The number of ketones is 1. The van der Waals surface area contributed by atoms with Crippen molar-refractivity contribution in [2.45, 2.75) is 6.42 Å². The summed E-state index contributed by atoms with van der Waals surface area (Å²) in [6.07, 6.45) is 4.13. The minimum absolute atomic E-state index is 0.123. The van der Waals surface area contributed by atoms with Gasteiger partial charge in [-0.3, -0.25) is 9.79 Å². The highest BCUT2D eigenvalue weighted by Crippen LogP contribution is 2.26. The molecule has 0 amide bonds. The lowest BCUT2D eigenvalue weighted by atomic mass is 9.92. The molecule has 1 aromatic rings. The van der Waals surface area contributed by atoms with Crippen LogP contribution in [0.3, 0.4) is 0 Å². The first kappa shape index (κ1) is 8.88. The van der Waals surface area contributed by atoms with Crippen LogP contribution in [0, 0.1) is 5.92 Å². The van der Waals surface area contributed by atoms with Crippen LogP contribution >= 0.6 is 0 Å². The van der Waals surface area contributed by atoms with Gasteiger partial charge in [0.1, 0.15) is 0 Å². The quantitative estimate of drug-likeness (QED) is 0.651. The lowest BCUT2D eigenvalue weighted by Crippen LogP contribution is -2.18. The minimum atomic E-state index is -0.123. The number of benzene rings is 1. The molecule has 0 saturated heterocycles. The second-order valence-corrected chi connectivity index (χ2v) is 3.29. The van der Waals surface area contributed by atoms with E-state index in [4.69, 9.17) is 0 Å². The molecule has 0 N–H and O–H groups in total. The molecular weight excluding hydrogens is 174 g/mol. The Balaban J connectivity index is 2.39. The Morgan fingerprint density at radius 1 is 1.43 bits per heavy atom. The molecule has 0 aromatic heterocycles. The second-order valence-electron chi connectivity index (χ2n) is 3.29. The SMILES string of the molecule is C=CCC1C=Nc2ccccc2C1=O. The zero-order chi connectivity index (χ0) is 9.97. The average molecular weight is 185 g/mol. The highest BCUT2D eigenvalue weighted by molar-refractivity contribution is 6.12. The standard InChI is InChI=1S/C12H11NO/c1-2-5-9-8-13-11-7-4-3-6-10(11)12(9)14/h2-4,6-9H,1,5H2. The van der Waals surface area contributed by atoms with E-state index in [0.717, 1.165) is 11.3 Å². The molecule has 0 saturated carbocycles. The smallest absolute Gasteiger partial charge is 0.173 e. The molecule has 70 valence electrons. The number of fused-ring (bicyclic) bond motifs is 1. The molecule has 1 aliphatic rings. The number of carbonyl (C=O) groups is 1. The Morgan fingerprint density at radius 2 is 2.21 bits per heavy atom. The number of para-hydroxylation sites is 1. The number of nitrogens with zero attached hydrogens (tertiary/aromatic N) is 1. The maximum Gasteiger partial charge on any atom is 0.173 e. The van der Waals surface area contributed by atoms with Gasteiger partial charge in [0.2, 0.25) is 0 Å². The Kier molecular flexibility index (Phi) is 2.27. The number of Topliss-reactive ketones (excluding diaryl/α,β-unsaturated/α-hetero) is 1. The maximum atomic E-state index is 11.9. The van der Waals surface area contributed by atoms with Crippen LogP contribution in [-0.2, 0) is 0 Å². The van der Waals surface area contributed by atoms with E-state index in [1.54, 1.807) is 12.3 Å². The van der Waals surface area contributed by atoms with Crippen LogP contribution in [0.5, 0.6) is 0 Å². The van der Waals surface area contributed by atoms with Gasteiger partial charge in [-0.05, 0) is 18.6 Å². The van der Waals surface area contributed by atoms with Crippen molar-refractivity contribution in [1.29, 1.82) is 0 Å². The monoisotopic (exact) mass is 185 g/mol. The van der Waals surface area contributed by atoms with Crippen LogP contribution < -0.4 is 0 Å². The summed E-state index contributed by atoms with van der Waals surface area (Å²) in [6.45, 7) is 3.63. The van der Waals surface area contributed by atoms with Gasteiger partial charge in [0.15, 0.2) is 5.78 Å². The Morgan fingerprint density at radius 3 is 3.00 bits per heavy atom. The van der Waals surface area contributed by atoms with Crippen molar-refractivity contribution in [3.63, 3.8) is 0 Å². The van der Waals surface area contributed by atoms with Crippen LogP contribution in [-0.4, -0.2) is 12.0 Å². The van der Waals surface area contributed by atoms with E-state index in [2.05, 4.69) is 11.6 Å². The number of carbonyl (C=O) groups excluding carboxylic acids is 1. The summed E-state index contributed by atoms with van der Waals surface area (Å²) in [5, 5.41) is 0. The summed E-state index contributed by atoms with van der Waals surface area (Å²) in [5.74, 6) is 0.0258. The lowest BCUT2D eigenvalue weighted by Gasteiger charge is -2.15. The van der Waals surface area contributed by atoms with Crippen molar-refractivity contribution in [2.24, 2.45) is 10.9 Å². The Bertz CT molecular complexity index is 407. The third-order valence-electron chi connectivity index (χ3n) is 2.32. The Hall–Kier alpha value is -1.70. The largest absolute Gasteiger partial charge is 0.293 e. The van der Waals surface area contributed by atoms with Gasteiger partial charge in [-0.2, -0.15) is 0 Å². The van der Waals surface area contributed by atoms with Gasteiger partial charge < -0.3 is 0 Å². The van der Waals surface area contributed by atoms with Gasteiger partial charge in [0.05, 0.1) is 11.6 Å². The van der Waals surface area contributed by atoms with Gasteiger partial charge in [-0.15, -0.1) is 6.58 Å². The zero-order valence-corrected chi connectivity index (χ0v) is 7.81. The van der Waals surface area contributed by atoms with Crippen LogP contribution in [0.25, 0.3) is 0 Å². The predicted molar refractivity (Wildman–Crippen MR) is 57.2 cm³/mol. The Labute approximate surface area is 83.0 Å². The van der Waals surface area contributed by atoms with Gasteiger partial charge >= 0.3 is 0 Å². The molecule has 1 unspecified atom stereocenters. The summed E-state index contributed by atoms with van der Waals surface area (Å²) >= 11 is 0. The maximum absolute atomic E-state index is 11.9. The van der Waals surface area contributed by atoms with E-state index >= 15 is 0 Å². The molecule has 2 heteroatoms. The van der Waals surface area contributed by atoms with Crippen molar-refractivity contribution in [3.8, 4) is 0 Å². The third kappa shape index (κ3) is 1.39. The van der Waals surface area contributed by atoms with E-state index in [1.165, 1.54) is 0 Å². The topological polar surface area (TPSA) is 29.4 Å². The van der Waals surface area contributed by atoms with E-state index in [0.29, 0.717) is 6.42 Å². The highest BCUT2D eigenvalue weighted by Gasteiger charge is 2.22. The van der Waals surface area contributed by atoms with Gasteiger partial charge in [-0.1, -0.05) is 18.2 Å². The van der Waals surface area contributed by atoms with Gasteiger partial charge in [0.25, 0.3) is 0 Å². The van der Waals surface area contributed by atoms with Crippen LogP contribution in [0.2, 0.25) is 0 Å². The molecule has 2 rings (SSSR count). The van der Waals surface area contributed by atoms with Crippen LogP contribution in [0.4, 0.5) is 5.69 Å². The summed E-state index contributed by atoms with van der Waals surface area (Å²) in [7, 11) is 0. The molecular formula is C12H11NO. The molecule has 2 nitrogen and oxygen atoms in total.